The molecule has 0 atom stereocenters. The molecule has 0 aliphatic rings. The number of benzene rings is 1. The van der Waals surface area contributed by atoms with E-state index in [0.29, 0.717) is 0 Å². The van der Waals surface area contributed by atoms with Crippen LogP contribution in [0.4, 0.5) is 0 Å². The third-order valence-electron chi connectivity index (χ3n) is 2.33. The van der Waals surface area contributed by atoms with E-state index in [2.05, 4.69) is 20.2 Å². The van der Waals surface area contributed by atoms with Gasteiger partial charge in [-0.05, 0) is 18.2 Å². The summed E-state index contributed by atoms with van der Waals surface area (Å²) in [7, 11) is 0. The number of para-hydroxylation sites is 2. The summed E-state index contributed by atoms with van der Waals surface area (Å²) in [6.45, 7) is 0. The number of aromatic nitrogens is 4. The molecule has 2 aromatic heterocycles. The zero-order valence-corrected chi connectivity index (χ0v) is 8.41. The highest BCUT2D eigenvalue weighted by Gasteiger charge is 2.01. The minimum absolute atomic E-state index is 0.814. The molecule has 0 spiro atoms. The van der Waals surface area contributed by atoms with Crippen molar-refractivity contribution in [3.63, 3.8) is 0 Å². The molecule has 0 fully saturated rings. The van der Waals surface area contributed by atoms with Crippen LogP contribution in [0.5, 0.6) is 0 Å². The Bertz CT molecular complexity index is 622. The average Bonchev–Trinajstić information content (AvgIpc) is 2.39. The molecule has 76 valence electrons. The lowest BCUT2D eigenvalue weighted by Gasteiger charge is -2.00. The summed E-state index contributed by atoms with van der Waals surface area (Å²) >= 11 is 0. The Balaban J connectivity index is 2.19. The molecule has 0 aliphatic heterocycles. The first kappa shape index (κ1) is 8.91. The predicted octanol–water partition coefficient (Wildman–Crippen LogP) is 2.09. The van der Waals surface area contributed by atoms with Crippen LogP contribution in [0.2, 0.25) is 0 Å². The van der Waals surface area contributed by atoms with Gasteiger partial charge in [0.2, 0.25) is 0 Å². The quantitative estimate of drug-likeness (QED) is 0.614. The Labute approximate surface area is 92.0 Å². The molecule has 0 unspecified atom stereocenters. The third kappa shape index (κ3) is 1.50. The maximum atomic E-state index is 4.52. The zero-order valence-electron chi connectivity index (χ0n) is 8.41. The summed E-state index contributed by atoms with van der Waals surface area (Å²) in [5.41, 5.74) is 3.52. The summed E-state index contributed by atoms with van der Waals surface area (Å²) in [4.78, 5) is 8.86. The lowest BCUT2D eigenvalue weighted by molar-refractivity contribution is 1.03. The van der Waals surface area contributed by atoms with Gasteiger partial charge in [0.25, 0.3) is 0 Å². The van der Waals surface area contributed by atoms with E-state index in [9.17, 15) is 0 Å². The first-order valence-electron chi connectivity index (χ1n) is 4.92. The largest absolute Gasteiger partial charge is 0.252 e. The van der Waals surface area contributed by atoms with Gasteiger partial charge in [0.15, 0.2) is 0 Å². The highest BCUT2D eigenvalue weighted by molar-refractivity contribution is 5.76. The molecule has 0 amide bonds. The molecule has 1 aromatic carbocycles. The van der Waals surface area contributed by atoms with Crippen molar-refractivity contribution in [3.8, 4) is 11.3 Å². The van der Waals surface area contributed by atoms with Crippen LogP contribution in [0.15, 0.2) is 48.9 Å². The van der Waals surface area contributed by atoms with E-state index >= 15 is 0 Å². The highest BCUT2D eigenvalue weighted by atomic mass is 15.1. The molecule has 2 heterocycles. The number of fused-ring (bicyclic) bond motifs is 1. The minimum atomic E-state index is 0.814. The van der Waals surface area contributed by atoms with E-state index < -0.39 is 0 Å². The fourth-order valence-electron chi connectivity index (χ4n) is 1.54. The second-order valence-electron chi connectivity index (χ2n) is 3.38. The Kier molecular flexibility index (Phi) is 2.04. The lowest BCUT2D eigenvalue weighted by Crippen LogP contribution is -1.89. The van der Waals surface area contributed by atoms with Crippen LogP contribution in [0.25, 0.3) is 22.3 Å². The summed E-state index contributed by atoms with van der Waals surface area (Å²) in [6.07, 6.45) is 5.07. The zero-order chi connectivity index (χ0) is 10.8. The number of hydrogen-bond acceptors (Lipinski definition) is 4. The van der Waals surface area contributed by atoms with Crippen LogP contribution in [0.3, 0.4) is 0 Å². The van der Waals surface area contributed by atoms with Crippen molar-refractivity contribution < 1.29 is 0 Å². The Morgan fingerprint density at radius 2 is 1.69 bits per heavy atom. The second-order valence-corrected chi connectivity index (χ2v) is 3.38. The van der Waals surface area contributed by atoms with Gasteiger partial charge < -0.3 is 0 Å². The topological polar surface area (TPSA) is 51.6 Å². The first-order chi connectivity index (χ1) is 7.93. The van der Waals surface area contributed by atoms with E-state index in [-0.39, 0.29) is 0 Å². The van der Waals surface area contributed by atoms with E-state index in [1.807, 2.05) is 30.3 Å². The van der Waals surface area contributed by atoms with Crippen LogP contribution in [0, 0.1) is 0 Å². The molecule has 4 nitrogen and oxygen atoms in total. The molecule has 0 radical (unpaired) electrons. The van der Waals surface area contributed by atoms with Crippen molar-refractivity contribution in [2.45, 2.75) is 0 Å². The summed E-state index contributed by atoms with van der Waals surface area (Å²) in [5, 5.41) is 7.56. The molecule has 0 saturated heterocycles. The van der Waals surface area contributed by atoms with Crippen LogP contribution < -0.4 is 0 Å². The molecule has 0 N–H and O–H groups in total. The lowest BCUT2D eigenvalue weighted by atomic mass is 10.2. The fourth-order valence-corrected chi connectivity index (χ4v) is 1.54. The molecule has 4 heteroatoms. The SMILES string of the molecule is c1ccc2nc(-c3ccnnc3)cnc2c1. The molecule has 0 bridgehead atoms. The van der Waals surface area contributed by atoms with Gasteiger partial charge in [-0.3, -0.25) is 4.98 Å². The molecule has 3 rings (SSSR count). The normalized spacial score (nSPS) is 10.5. The van der Waals surface area contributed by atoms with Crippen molar-refractivity contribution in [2.75, 3.05) is 0 Å². The molecule has 3 aromatic rings. The monoisotopic (exact) mass is 208 g/mol. The van der Waals surface area contributed by atoms with Gasteiger partial charge in [-0.15, -0.1) is 0 Å². The molecule has 0 saturated carbocycles. The van der Waals surface area contributed by atoms with Crippen LogP contribution in [0.1, 0.15) is 0 Å². The van der Waals surface area contributed by atoms with E-state index in [1.54, 1.807) is 18.6 Å². The maximum Gasteiger partial charge on any atom is 0.0909 e. The highest BCUT2D eigenvalue weighted by Crippen LogP contribution is 2.16. The van der Waals surface area contributed by atoms with Crippen molar-refractivity contribution in [2.24, 2.45) is 0 Å². The van der Waals surface area contributed by atoms with Crippen LogP contribution >= 0.6 is 0 Å². The standard InChI is InChI=1S/C12H8N4/c1-2-4-11-10(3-1)13-8-12(16-11)9-5-6-14-15-7-9/h1-8H. The van der Waals surface area contributed by atoms with E-state index in [1.165, 1.54) is 0 Å². The molecule has 0 aliphatic carbocycles. The van der Waals surface area contributed by atoms with Gasteiger partial charge in [-0.25, -0.2) is 4.98 Å². The van der Waals surface area contributed by atoms with E-state index in [0.717, 1.165) is 22.3 Å². The van der Waals surface area contributed by atoms with Crippen molar-refractivity contribution in [3.05, 3.63) is 48.9 Å². The van der Waals surface area contributed by atoms with E-state index in [4.69, 9.17) is 0 Å². The van der Waals surface area contributed by atoms with Gasteiger partial charge in [0, 0.05) is 5.56 Å². The summed E-state index contributed by atoms with van der Waals surface area (Å²) in [6, 6.07) is 9.65. The van der Waals surface area contributed by atoms with Gasteiger partial charge in [0.05, 0.1) is 35.3 Å². The molecular weight excluding hydrogens is 200 g/mol. The van der Waals surface area contributed by atoms with Crippen molar-refractivity contribution >= 4 is 11.0 Å². The van der Waals surface area contributed by atoms with Crippen LogP contribution in [-0.4, -0.2) is 20.2 Å². The molecular formula is C12H8N4. The second kappa shape index (κ2) is 3.66. The first-order valence-corrected chi connectivity index (χ1v) is 4.92. The predicted molar refractivity (Wildman–Crippen MR) is 60.6 cm³/mol. The van der Waals surface area contributed by atoms with Gasteiger partial charge in [-0.1, -0.05) is 12.1 Å². The molecule has 16 heavy (non-hydrogen) atoms. The number of hydrogen-bond donors (Lipinski definition) is 0. The van der Waals surface area contributed by atoms with Crippen molar-refractivity contribution in [1.82, 2.24) is 20.2 Å². The maximum absolute atomic E-state index is 4.52. The fraction of sp³-hybridized carbons (Fsp3) is 0. The number of rotatable bonds is 1. The average molecular weight is 208 g/mol. The van der Waals surface area contributed by atoms with Crippen molar-refractivity contribution in [1.29, 1.82) is 0 Å². The third-order valence-corrected chi connectivity index (χ3v) is 2.33. The van der Waals surface area contributed by atoms with Gasteiger partial charge in [0.1, 0.15) is 0 Å². The smallest absolute Gasteiger partial charge is 0.0909 e. The number of nitrogens with zero attached hydrogens (tertiary/aromatic N) is 4. The summed E-state index contributed by atoms with van der Waals surface area (Å²) < 4.78 is 0. The van der Waals surface area contributed by atoms with Gasteiger partial charge in [-0.2, -0.15) is 10.2 Å². The van der Waals surface area contributed by atoms with Crippen LogP contribution in [-0.2, 0) is 0 Å². The Hall–Kier alpha value is -2.36. The minimum Gasteiger partial charge on any atom is -0.252 e. The summed E-state index contributed by atoms with van der Waals surface area (Å²) in [5.74, 6) is 0. The Morgan fingerprint density at radius 1 is 0.812 bits per heavy atom. The Morgan fingerprint density at radius 3 is 2.50 bits per heavy atom. The van der Waals surface area contributed by atoms with Gasteiger partial charge >= 0.3 is 0 Å².